The number of benzene rings is 1. The molecule has 2 atom stereocenters. The molecule has 3 heterocycles. The molecule has 3 aromatic heterocycles. The lowest BCUT2D eigenvalue weighted by molar-refractivity contribution is 0.243. The summed E-state index contributed by atoms with van der Waals surface area (Å²) in [4.78, 5) is 16.5. The highest BCUT2D eigenvalue weighted by Gasteiger charge is 2.65. The van der Waals surface area contributed by atoms with Crippen molar-refractivity contribution >= 4 is 0 Å². The summed E-state index contributed by atoms with van der Waals surface area (Å²) >= 11 is 0. The van der Waals surface area contributed by atoms with Gasteiger partial charge in [-0.1, -0.05) is 19.9 Å². The van der Waals surface area contributed by atoms with Crippen molar-refractivity contribution in [3.05, 3.63) is 77.6 Å². The molecule has 1 fully saturated rings. The van der Waals surface area contributed by atoms with Crippen LogP contribution in [0.3, 0.4) is 0 Å². The molecule has 160 valence electrons. The summed E-state index contributed by atoms with van der Waals surface area (Å²) < 4.78 is 28.8. The zero-order chi connectivity index (χ0) is 22.1. The number of H-pyrrole nitrogens is 1. The van der Waals surface area contributed by atoms with Crippen LogP contribution in [0, 0.1) is 17.0 Å². The topological polar surface area (TPSA) is 80.2 Å². The van der Waals surface area contributed by atoms with E-state index in [2.05, 4.69) is 39.0 Å². The van der Waals surface area contributed by atoms with E-state index >= 15 is 0 Å². The molecule has 1 saturated carbocycles. The monoisotopic (exact) mass is 430 g/mol. The lowest BCUT2D eigenvalue weighted by Crippen LogP contribution is -2.38. The van der Waals surface area contributed by atoms with Gasteiger partial charge in [-0.15, -0.1) is 5.10 Å². The van der Waals surface area contributed by atoms with Crippen LogP contribution >= 0.6 is 0 Å². The number of nitrogens with one attached hydrogen (secondary N) is 1. The zero-order valence-corrected chi connectivity index (χ0v) is 17.6. The zero-order valence-electron chi connectivity index (χ0n) is 17.6. The third-order valence-electron chi connectivity index (χ3n) is 7.42. The minimum atomic E-state index is -0.643. The van der Waals surface area contributed by atoms with Crippen molar-refractivity contribution in [2.24, 2.45) is 5.41 Å². The van der Waals surface area contributed by atoms with Crippen LogP contribution in [0.1, 0.15) is 49.6 Å². The third kappa shape index (κ3) is 2.35. The molecule has 4 aromatic rings. The summed E-state index contributed by atoms with van der Waals surface area (Å²) in [6.45, 7) is 4.43. The van der Waals surface area contributed by atoms with Crippen LogP contribution in [-0.4, -0.2) is 30.1 Å². The minimum absolute atomic E-state index is 0.139. The highest BCUT2D eigenvalue weighted by Crippen LogP contribution is 2.69. The van der Waals surface area contributed by atoms with Gasteiger partial charge in [0.2, 0.25) is 0 Å². The third-order valence-corrected chi connectivity index (χ3v) is 7.42. The quantitative estimate of drug-likeness (QED) is 0.505. The van der Waals surface area contributed by atoms with E-state index in [-0.39, 0.29) is 22.6 Å². The number of rotatable bonds is 3. The molecule has 0 amide bonds. The molecular formula is C24H20F2N6. The molecule has 2 bridgehead atoms. The number of imidazole rings is 1. The van der Waals surface area contributed by atoms with Gasteiger partial charge in [-0.3, -0.25) is 0 Å². The summed E-state index contributed by atoms with van der Waals surface area (Å²) in [5.74, 6) is -0.555. The number of aromatic nitrogens is 6. The molecule has 1 aromatic carbocycles. The Morgan fingerprint density at radius 3 is 2.59 bits per heavy atom. The molecule has 0 aliphatic heterocycles. The van der Waals surface area contributed by atoms with Gasteiger partial charge in [0.05, 0.1) is 34.4 Å². The van der Waals surface area contributed by atoms with Crippen LogP contribution in [-0.2, 0) is 5.41 Å². The SMILES string of the molecule is CC1(C)[C@H]2CC[C@@]1(c1ccnc(-c3c[nH]cn3)n1)c1nnc(-c3c(F)cccc3F)cc12. The fourth-order valence-corrected chi connectivity index (χ4v) is 5.86. The van der Waals surface area contributed by atoms with E-state index in [0.717, 1.165) is 29.8 Å². The van der Waals surface area contributed by atoms with Gasteiger partial charge in [0.1, 0.15) is 17.3 Å². The Labute approximate surface area is 183 Å². The summed E-state index contributed by atoms with van der Waals surface area (Å²) in [5.41, 5.74) is 2.80. The van der Waals surface area contributed by atoms with Gasteiger partial charge in [-0.25, -0.2) is 23.7 Å². The average molecular weight is 430 g/mol. The Morgan fingerprint density at radius 2 is 1.84 bits per heavy atom. The number of nitrogens with zero attached hydrogens (tertiary/aromatic N) is 5. The number of hydrogen-bond acceptors (Lipinski definition) is 5. The van der Waals surface area contributed by atoms with Crippen LogP contribution in [0.5, 0.6) is 0 Å². The van der Waals surface area contributed by atoms with E-state index in [0.29, 0.717) is 11.5 Å². The lowest BCUT2D eigenvalue weighted by atomic mass is 9.66. The van der Waals surface area contributed by atoms with Gasteiger partial charge in [-0.05, 0) is 54.0 Å². The van der Waals surface area contributed by atoms with E-state index in [1.165, 1.54) is 18.2 Å². The molecule has 32 heavy (non-hydrogen) atoms. The number of fused-ring (bicyclic) bond motifs is 5. The van der Waals surface area contributed by atoms with Crippen molar-refractivity contribution < 1.29 is 8.78 Å². The molecule has 1 N–H and O–H groups in total. The van der Waals surface area contributed by atoms with Gasteiger partial charge in [0.15, 0.2) is 5.82 Å². The summed E-state index contributed by atoms with van der Waals surface area (Å²) in [6, 6.07) is 7.57. The van der Waals surface area contributed by atoms with Crippen molar-refractivity contribution in [3.8, 4) is 22.8 Å². The normalized spacial score (nSPS) is 22.8. The predicted molar refractivity (Wildman–Crippen MR) is 114 cm³/mol. The van der Waals surface area contributed by atoms with Crippen LogP contribution < -0.4 is 0 Å². The van der Waals surface area contributed by atoms with E-state index in [9.17, 15) is 8.78 Å². The Kier molecular flexibility index (Phi) is 3.88. The molecule has 2 aliphatic rings. The summed E-state index contributed by atoms with van der Waals surface area (Å²) in [6.07, 6.45) is 6.92. The smallest absolute Gasteiger partial charge is 0.179 e. The fraction of sp³-hybridized carbons (Fsp3) is 0.292. The molecule has 0 saturated heterocycles. The van der Waals surface area contributed by atoms with Gasteiger partial charge in [0, 0.05) is 12.4 Å². The first-order valence-electron chi connectivity index (χ1n) is 10.6. The number of halogens is 2. The van der Waals surface area contributed by atoms with Crippen LogP contribution in [0.2, 0.25) is 0 Å². The van der Waals surface area contributed by atoms with E-state index < -0.39 is 17.0 Å². The van der Waals surface area contributed by atoms with E-state index in [1.807, 2.05) is 12.1 Å². The van der Waals surface area contributed by atoms with Crippen molar-refractivity contribution in [3.63, 3.8) is 0 Å². The Balaban J connectivity index is 1.54. The van der Waals surface area contributed by atoms with Crippen LogP contribution in [0.15, 0.2) is 49.1 Å². The standard InChI is InChI=1S/C24H20F2N6/c1-23(2)14-6-8-24(23,19-7-9-28-22(30-19)18-11-27-12-29-18)21-13(14)10-17(31-32-21)20-15(25)4-3-5-16(20)26/h3-5,7,9-12,14H,6,8H2,1-2H3,(H,27,29)/t14-,24+/m0/s1. The molecule has 0 unspecified atom stereocenters. The van der Waals surface area contributed by atoms with E-state index in [4.69, 9.17) is 4.98 Å². The second-order valence-corrected chi connectivity index (χ2v) is 9.07. The van der Waals surface area contributed by atoms with E-state index in [1.54, 1.807) is 18.7 Å². The lowest BCUT2D eigenvalue weighted by Gasteiger charge is -2.37. The van der Waals surface area contributed by atoms with Gasteiger partial charge in [-0.2, -0.15) is 5.10 Å². The second kappa shape index (κ2) is 6.48. The minimum Gasteiger partial charge on any atom is -0.350 e. The average Bonchev–Trinajstić information content (AvgIpc) is 3.45. The Morgan fingerprint density at radius 1 is 1.03 bits per heavy atom. The number of aromatic amines is 1. The second-order valence-electron chi connectivity index (χ2n) is 9.07. The van der Waals surface area contributed by atoms with Crippen molar-refractivity contribution in [1.29, 1.82) is 0 Å². The highest BCUT2D eigenvalue weighted by atomic mass is 19.1. The first-order valence-corrected chi connectivity index (χ1v) is 10.6. The first-order chi connectivity index (χ1) is 15.4. The fourth-order valence-electron chi connectivity index (χ4n) is 5.86. The molecule has 2 aliphatic carbocycles. The summed E-state index contributed by atoms with van der Waals surface area (Å²) in [7, 11) is 0. The molecular weight excluding hydrogens is 410 g/mol. The maximum absolute atomic E-state index is 14.4. The van der Waals surface area contributed by atoms with Crippen LogP contribution in [0.4, 0.5) is 8.78 Å². The first kappa shape index (κ1) is 19.2. The predicted octanol–water partition coefficient (Wildman–Crippen LogP) is 4.81. The van der Waals surface area contributed by atoms with Crippen molar-refractivity contribution in [2.75, 3.05) is 0 Å². The molecule has 0 spiro atoms. The molecule has 0 radical (unpaired) electrons. The van der Waals surface area contributed by atoms with Crippen molar-refractivity contribution in [1.82, 2.24) is 30.1 Å². The largest absolute Gasteiger partial charge is 0.350 e. The van der Waals surface area contributed by atoms with Gasteiger partial charge in [0.25, 0.3) is 0 Å². The summed E-state index contributed by atoms with van der Waals surface area (Å²) in [5, 5.41) is 8.85. The molecule has 6 rings (SSSR count). The van der Waals surface area contributed by atoms with Crippen LogP contribution in [0.25, 0.3) is 22.8 Å². The Bertz CT molecular complexity index is 1330. The molecule has 6 nitrogen and oxygen atoms in total. The maximum atomic E-state index is 14.4. The highest BCUT2D eigenvalue weighted by molar-refractivity contribution is 5.64. The van der Waals surface area contributed by atoms with Crippen molar-refractivity contribution in [2.45, 2.75) is 38.0 Å². The van der Waals surface area contributed by atoms with Gasteiger partial charge < -0.3 is 4.98 Å². The maximum Gasteiger partial charge on any atom is 0.179 e. The number of hydrogen-bond donors (Lipinski definition) is 1. The molecule has 8 heteroatoms. The van der Waals surface area contributed by atoms with Gasteiger partial charge >= 0.3 is 0 Å². The Hall–Kier alpha value is -3.55.